The number of rotatable bonds is 7. The van der Waals surface area contributed by atoms with Gasteiger partial charge in [0, 0.05) is 19.5 Å². The predicted octanol–water partition coefficient (Wildman–Crippen LogP) is 1.66. The SMILES string of the molecule is CCCCCCC(=O)N1CCOC(CC(=O)O)C1. The van der Waals surface area contributed by atoms with Crippen molar-refractivity contribution in [1.29, 1.82) is 0 Å². The van der Waals surface area contributed by atoms with Gasteiger partial charge in [-0.25, -0.2) is 0 Å². The van der Waals surface area contributed by atoms with Crippen LogP contribution in [0.4, 0.5) is 0 Å². The minimum Gasteiger partial charge on any atom is -0.481 e. The Balaban J connectivity index is 2.27. The molecular weight excluding hydrogens is 234 g/mol. The van der Waals surface area contributed by atoms with Crippen LogP contribution < -0.4 is 0 Å². The minimum atomic E-state index is -0.878. The number of carboxylic acids is 1. The fourth-order valence-electron chi connectivity index (χ4n) is 2.13. The Morgan fingerprint density at radius 2 is 2.11 bits per heavy atom. The smallest absolute Gasteiger partial charge is 0.306 e. The van der Waals surface area contributed by atoms with E-state index in [9.17, 15) is 9.59 Å². The number of carbonyl (C=O) groups excluding carboxylic acids is 1. The molecule has 0 aromatic heterocycles. The second kappa shape index (κ2) is 8.08. The van der Waals surface area contributed by atoms with Crippen molar-refractivity contribution in [3.63, 3.8) is 0 Å². The van der Waals surface area contributed by atoms with Crippen LogP contribution >= 0.6 is 0 Å². The topological polar surface area (TPSA) is 66.8 Å². The fraction of sp³-hybridized carbons (Fsp3) is 0.846. The third-order valence-electron chi connectivity index (χ3n) is 3.14. The highest BCUT2D eigenvalue weighted by Crippen LogP contribution is 2.12. The monoisotopic (exact) mass is 257 g/mol. The number of morpholine rings is 1. The second-order valence-corrected chi connectivity index (χ2v) is 4.74. The van der Waals surface area contributed by atoms with E-state index in [2.05, 4.69) is 6.92 Å². The molecule has 0 spiro atoms. The molecule has 1 amide bonds. The maximum Gasteiger partial charge on any atom is 0.306 e. The zero-order valence-corrected chi connectivity index (χ0v) is 11.1. The van der Waals surface area contributed by atoms with Gasteiger partial charge >= 0.3 is 5.97 Å². The second-order valence-electron chi connectivity index (χ2n) is 4.74. The maximum atomic E-state index is 11.9. The zero-order chi connectivity index (χ0) is 13.4. The minimum absolute atomic E-state index is 0.0282. The average molecular weight is 257 g/mol. The summed E-state index contributed by atoms with van der Waals surface area (Å²) in [6, 6.07) is 0. The van der Waals surface area contributed by atoms with E-state index in [1.807, 2.05) is 0 Å². The molecule has 0 bridgehead atoms. The molecule has 1 saturated heterocycles. The van der Waals surface area contributed by atoms with Crippen LogP contribution in [-0.4, -0.2) is 47.7 Å². The van der Waals surface area contributed by atoms with E-state index in [0.717, 1.165) is 25.7 Å². The zero-order valence-electron chi connectivity index (χ0n) is 11.1. The fourth-order valence-corrected chi connectivity index (χ4v) is 2.13. The van der Waals surface area contributed by atoms with Gasteiger partial charge in [-0.2, -0.15) is 0 Å². The lowest BCUT2D eigenvalue weighted by Crippen LogP contribution is -2.46. The molecule has 0 aromatic rings. The molecule has 5 nitrogen and oxygen atoms in total. The Morgan fingerprint density at radius 3 is 2.78 bits per heavy atom. The molecule has 1 unspecified atom stereocenters. The van der Waals surface area contributed by atoms with E-state index < -0.39 is 5.97 Å². The molecule has 1 rings (SSSR count). The van der Waals surface area contributed by atoms with Crippen LogP contribution in [0.25, 0.3) is 0 Å². The summed E-state index contributed by atoms with van der Waals surface area (Å²) in [5, 5.41) is 8.71. The van der Waals surface area contributed by atoms with E-state index in [1.54, 1.807) is 4.90 Å². The molecule has 1 aliphatic rings. The van der Waals surface area contributed by atoms with Crippen LogP contribution in [-0.2, 0) is 14.3 Å². The molecule has 0 aromatic carbocycles. The van der Waals surface area contributed by atoms with Crippen LogP contribution in [0.5, 0.6) is 0 Å². The molecule has 0 aliphatic carbocycles. The first-order valence-corrected chi connectivity index (χ1v) is 6.74. The standard InChI is InChI=1S/C13H23NO4/c1-2-3-4-5-6-12(15)14-7-8-18-11(10-14)9-13(16)17/h11H,2-10H2,1H3,(H,16,17). The molecule has 18 heavy (non-hydrogen) atoms. The van der Waals surface area contributed by atoms with E-state index in [4.69, 9.17) is 9.84 Å². The van der Waals surface area contributed by atoms with Gasteiger partial charge in [-0.15, -0.1) is 0 Å². The highest BCUT2D eigenvalue weighted by Gasteiger charge is 2.25. The molecule has 0 saturated carbocycles. The number of carboxylic acid groups (broad SMARTS) is 1. The molecule has 5 heteroatoms. The van der Waals surface area contributed by atoms with Gasteiger partial charge in [0.2, 0.25) is 5.91 Å². The lowest BCUT2D eigenvalue weighted by atomic mass is 10.1. The summed E-state index contributed by atoms with van der Waals surface area (Å²) in [5.41, 5.74) is 0. The van der Waals surface area contributed by atoms with Gasteiger partial charge in [0.05, 0.1) is 19.1 Å². The predicted molar refractivity (Wildman–Crippen MR) is 67.3 cm³/mol. The van der Waals surface area contributed by atoms with Crippen LogP contribution in [0, 0.1) is 0 Å². The first-order valence-electron chi connectivity index (χ1n) is 6.74. The van der Waals surface area contributed by atoms with Crippen LogP contribution in [0.1, 0.15) is 45.4 Å². The van der Waals surface area contributed by atoms with Crippen molar-refractivity contribution in [3.8, 4) is 0 Å². The van der Waals surface area contributed by atoms with Crippen LogP contribution in [0.15, 0.2) is 0 Å². The molecule has 1 aliphatic heterocycles. The van der Waals surface area contributed by atoms with Gasteiger partial charge in [-0.1, -0.05) is 26.2 Å². The summed E-state index contributed by atoms with van der Waals surface area (Å²) in [7, 11) is 0. The third kappa shape index (κ3) is 5.49. The lowest BCUT2D eigenvalue weighted by molar-refractivity contribution is -0.147. The molecular formula is C13H23NO4. The number of amides is 1. The van der Waals surface area contributed by atoms with Crippen molar-refractivity contribution >= 4 is 11.9 Å². The van der Waals surface area contributed by atoms with E-state index in [1.165, 1.54) is 0 Å². The summed E-state index contributed by atoms with van der Waals surface area (Å²) < 4.78 is 5.34. The first-order chi connectivity index (χ1) is 8.63. The van der Waals surface area contributed by atoms with Crippen LogP contribution in [0.3, 0.4) is 0 Å². The van der Waals surface area contributed by atoms with Gasteiger partial charge < -0.3 is 14.7 Å². The van der Waals surface area contributed by atoms with Gasteiger partial charge in [-0.05, 0) is 6.42 Å². The number of carbonyl (C=O) groups is 2. The van der Waals surface area contributed by atoms with E-state index in [-0.39, 0.29) is 18.4 Å². The number of nitrogens with zero attached hydrogens (tertiary/aromatic N) is 1. The van der Waals surface area contributed by atoms with Gasteiger partial charge in [0.15, 0.2) is 0 Å². The quantitative estimate of drug-likeness (QED) is 0.704. The Hall–Kier alpha value is -1.10. The van der Waals surface area contributed by atoms with E-state index in [0.29, 0.717) is 26.1 Å². The van der Waals surface area contributed by atoms with Crippen molar-refractivity contribution in [1.82, 2.24) is 4.90 Å². The van der Waals surface area contributed by atoms with Gasteiger partial charge in [-0.3, -0.25) is 9.59 Å². The van der Waals surface area contributed by atoms with Crippen molar-refractivity contribution in [2.75, 3.05) is 19.7 Å². The Bertz CT molecular complexity index is 280. The average Bonchev–Trinajstić information content (AvgIpc) is 2.34. The molecule has 1 heterocycles. The van der Waals surface area contributed by atoms with Crippen molar-refractivity contribution < 1.29 is 19.4 Å². The highest BCUT2D eigenvalue weighted by atomic mass is 16.5. The number of ether oxygens (including phenoxy) is 1. The van der Waals surface area contributed by atoms with Gasteiger partial charge in [0.1, 0.15) is 0 Å². The summed E-state index contributed by atoms with van der Waals surface area (Å²) in [5.74, 6) is -0.748. The highest BCUT2D eigenvalue weighted by molar-refractivity contribution is 5.76. The summed E-state index contributed by atoms with van der Waals surface area (Å²) in [6.07, 6.45) is 4.53. The van der Waals surface area contributed by atoms with Gasteiger partial charge in [0.25, 0.3) is 0 Å². The van der Waals surface area contributed by atoms with E-state index >= 15 is 0 Å². The third-order valence-corrected chi connectivity index (χ3v) is 3.14. The molecule has 1 fully saturated rings. The Labute approximate surface area is 108 Å². The molecule has 1 atom stereocenters. The Kier molecular flexibility index (Phi) is 6.72. The van der Waals surface area contributed by atoms with Crippen molar-refractivity contribution in [2.45, 2.75) is 51.6 Å². The summed E-state index contributed by atoms with van der Waals surface area (Å²) >= 11 is 0. The number of hydrogen-bond acceptors (Lipinski definition) is 3. The normalized spacial score (nSPS) is 19.8. The lowest BCUT2D eigenvalue weighted by Gasteiger charge is -2.32. The summed E-state index contributed by atoms with van der Waals surface area (Å²) in [6.45, 7) is 3.58. The molecule has 1 N–H and O–H groups in total. The van der Waals surface area contributed by atoms with Crippen LogP contribution in [0.2, 0.25) is 0 Å². The molecule has 0 radical (unpaired) electrons. The number of aliphatic carboxylic acids is 1. The largest absolute Gasteiger partial charge is 0.481 e. The maximum absolute atomic E-state index is 11.9. The van der Waals surface area contributed by atoms with Crippen molar-refractivity contribution in [3.05, 3.63) is 0 Å². The molecule has 104 valence electrons. The summed E-state index contributed by atoms with van der Waals surface area (Å²) in [4.78, 5) is 24.3. The Morgan fingerprint density at radius 1 is 1.33 bits per heavy atom. The van der Waals surface area contributed by atoms with Crippen molar-refractivity contribution in [2.24, 2.45) is 0 Å². The number of hydrogen-bond donors (Lipinski definition) is 1. The first kappa shape index (κ1) is 15.0. The number of unbranched alkanes of at least 4 members (excludes halogenated alkanes) is 3.